The number of nitrogens with one attached hydrogen (secondary N) is 3. The summed E-state index contributed by atoms with van der Waals surface area (Å²) in [6.45, 7) is 2.03. The monoisotopic (exact) mass is 355 g/mol. The molecule has 0 saturated heterocycles. The van der Waals surface area contributed by atoms with E-state index < -0.39 is 0 Å². The van der Waals surface area contributed by atoms with Crippen LogP contribution in [0.5, 0.6) is 5.75 Å². The van der Waals surface area contributed by atoms with E-state index in [1.54, 1.807) is 18.3 Å². The predicted molar refractivity (Wildman–Crippen MR) is 101 cm³/mol. The lowest BCUT2D eigenvalue weighted by molar-refractivity contribution is 0.0965. The van der Waals surface area contributed by atoms with Crippen LogP contribution in [0.25, 0.3) is 0 Å². The van der Waals surface area contributed by atoms with Gasteiger partial charge in [0.2, 0.25) is 0 Å². The Hall–Kier alpha value is -2.60. The van der Waals surface area contributed by atoms with Gasteiger partial charge in [-0.2, -0.15) is 0 Å². The van der Waals surface area contributed by atoms with Crippen LogP contribution in [0.1, 0.15) is 59.0 Å². The Balaban J connectivity index is 1.77. The maximum absolute atomic E-state index is 12.7. The highest BCUT2D eigenvalue weighted by molar-refractivity contribution is 6.13. The fourth-order valence-electron chi connectivity index (χ4n) is 3.23. The van der Waals surface area contributed by atoms with Gasteiger partial charge in [-0.15, -0.1) is 0 Å². The number of aromatic nitrogens is 1. The third-order valence-corrected chi connectivity index (χ3v) is 4.63. The quantitative estimate of drug-likeness (QED) is 0.547. The fraction of sp³-hybridized carbons (Fsp3) is 0.400. The number of rotatable bonds is 6. The number of hydrogen-bond acceptors (Lipinski definition) is 4. The van der Waals surface area contributed by atoms with Gasteiger partial charge in [-0.05, 0) is 44.9 Å². The zero-order valence-corrected chi connectivity index (χ0v) is 15.2. The van der Waals surface area contributed by atoms with Gasteiger partial charge in [0.1, 0.15) is 12.0 Å². The van der Waals surface area contributed by atoms with E-state index in [1.807, 2.05) is 26.1 Å². The first kappa shape index (κ1) is 18.2. The van der Waals surface area contributed by atoms with Crippen LogP contribution >= 0.6 is 0 Å². The average molecular weight is 355 g/mol. The summed E-state index contributed by atoms with van der Waals surface area (Å²) in [5.41, 5.74) is 2.47. The lowest BCUT2D eigenvalue weighted by Crippen LogP contribution is -2.30. The number of ketones is 1. The molecule has 1 unspecified atom stereocenters. The van der Waals surface area contributed by atoms with Crippen LogP contribution in [0.3, 0.4) is 0 Å². The molecule has 1 atom stereocenters. The molecule has 0 spiro atoms. The van der Waals surface area contributed by atoms with E-state index in [1.165, 1.54) is 0 Å². The van der Waals surface area contributed by atoms with Crippen molar-refractivity contribution in [3.05, 3.63) is 47.3 Å². The summed E-state index contributed by atoms with van der Waals surface area (Å²) < 4.78 is 5.83. The molecule has 0 aliphatic heterocycles. The molecule has 3 N–H and O–H groups in total. The third kappa shape index (κ3) is 3.96. The van der Waals surface area contributed by atoms with Gasteiger partial charge in [-0.1, -0.05) is 13.0 Å². The van der Waals surface area contributed by atoms with Gasteiger partial charge in [-0.3, -0.25) is 14.9 Å². The lowest BCUT2D eigenvalue weighted by Gasteiger charge is -2.17. The minimum atomic E-state index is -0.282. The Morgan fingerprint density at radius 1 is 1.31 bits per heavy atom. The Morgan fingerprint density at radius 2 is 2.12 bits per heavy atom. The Kier molecular flexibility index (Phi) is 5.73. The highest BCUT2D eigenvalue weighted by Crippen LogP contribution is 2.25. The molecule has 6 heteroatoms. The van der Waals surface area contributed by atoms with E-state index in [9.17, 15) is 9.59 Å². The number of ether oxygens (including phenoxy) is 1. The molecule has 138 valence electrons. The number of carbonyl (C=O) groups is 2. The van der Waals surface area contributed by atoms with Crippen molar-refractivity contribution in [2.24, 2.45) is 0 Å². The van der Waals surface area contributed by atoms with Gasteiger partial charge in [0, 0.05) is 30.1 Å². The molecule has 1 amide bonds. The largest absolute Gasteiger partial charge is 0.475 e. The van der Waals surface area contributed by atoms with Crippen molar-refractivity contribution >= 4 is 17.4 Å². The Bertz CT molecular complexity index is 793. The summed E-state index contributed by atoms with van der Waals surface area (Å²) in [6.07, 6.45) is 5.51. The minimum Gasteiger partial charge on any atom is -0.475 e. The van der Waals surface area contributed by atoms with Crippen LogP contribution in [0.4, 0.5) is 5.69 Å². The number of benzene rings is 1. The standard InChI is InChI=1S/C20H25N3O3/c1-3-18(21-2)26-14-8-6-7-13(11-14)23-20(25)15-12-22-16-9-4-5-10-17(24)19(15)16/h6-8,11-12,18,21-22H,3-5,9-10H2,1-2H3,(H,23,25). The normalized spacial score (nSPS) is 15.1. The molecule has 1 aliphatic rings. The number of anilines is 1. The summed E-state index contributed by atoms with van der Waals surface area (Å²) in [5.74, 6) is 0.435. The number of aromatic amines is 1. The molecule has 0 fully saturated rings. The van der Waals surface area contributed by atoms with Gasteiger partial charge in [-0.25, -0.2) is 0 Å². The number of aryl methyl sites for hydroxylation is 1. The molecule has 6 nitrogen and oxygen atoms in total. The topological polar surface area (TPSA) is 83.2 Å². The highest BCUT2D eigenvalue weighted by atomic mass is 16.5. The predicted octanol–water partition coefficient (Wildman–Crippen LogP) is 3.51. The number of hydrogen-bond donors (Lipinski definition) is 3. The second-order valence-electron chi connectivity index (χ2n) is 6.47. The maximum Gasteiger partial charge on any atom is 0.257 e. The second kappa shape index (κ2) is 8.19. The van der Waals surface area contributed by atoms with Crippen molar-refractivity contribution in [3.8, 4) is 5.75 Å². The van der Waals surface area contributed by atoms with Gasteiger partial charge in [0.15, 0.2) is 5.78 Å². The number of fused-ring (bicyclic) bond motifs is 1. The van der Waals surface area contributed by atoms with Gasteiger partial charge in [0.25, 0.3) is 5.91 Å². The zero-order valence-electron chi connectivity index (χ0n) is 15.2. The van der Waals surface area contributed by atoms with Crippen molar-refractivity contribution in [2.75, 3.05) is 12.4 Å². The Morgan fingerprint density at radius 3 is 2.88 bits per heavy atom. The number of H-pyrrole nitrogens is 1. The first-order valence-electron chi connectivity index (χ1n) is 9.11. The SMILES string of the molecule is CCC(NC)Oc1cccc(NC(=O)c2c[nH]c3c2C(=O)CCCC3)c1. The smallest absolute Gasteiger partial charge is 0.257 e. The van der Waals surface area contributed by atoms with E-state index >= 15 is 0 Å². The van der Waals surface area contributed by atoms with Crippen LogP contribution in [0.15, 0.2) is 30.5 Å². The van der Waals surface area contributed by atoms with Crippen molar-refractivity contribution < 1.29 is 14.3 Å². The average Bonchev–Trinajstić information content (AvgIpc) is 2.99. The molecule has 1 aliphatic carbocycles. The summed E-state index contributed by atoms with van der Waals surface area (Å²) in [6, 6.07) is 7.26. The number of carbonyl (C=O) groups excluding carboxylic acids is 2. The minimum absolute atomic E-state index is 0.0424. The van der Waals surface area contributed by atoms with Crippen LogP contribution < -0.4 is 15.4 Å². The van der Waals surface area contributed by atoms with Crippen molar-refractivity contribution in [1.82, 2.24) is 10.3 Å². The lowest BCUT2D eigenvalue weighted by atomic mass is 10.0. The third-order valence-electron chi connectivity index (χ3n) is 4.63. The molecule has 26 heavy (non-hydrogen) atoms. The van der Waals surface area contributed by atoms with Crippen LogP contribution in [-0.4, -0.2) is 29.9 Å². The van der Waals surface area contributed by atoms with Gasteiger partial charge >= 0.3 is 0 Å². The first-order valence-corrected chi connectivity index (χ1v) is 9.11. The Labute approximate surface area is 153 Å². The zero-order chi connectivity index (χ0) is 18.5. The van der Waals surface area contributed by atoms with Crippen LogP contribution in [0.2, 0.25) is 0 Å². The van der Waals surface area contributed by atoms with E-state index in [0.29, 0.717) is 29.0 Å². The molecule has 1 aromatic heterocycles. The molecular formula is C20H25N3O3. The van der Waals surface area contributed by atoms with E-state index in [-0.39, 0.29) is 17.9 Å². The molecule has 0 bridgehead atoms. The summed E-state index contributed by atoms with van der Waals surface area (Å²) in [5, 5.41) is 5.95. The van der Waals surface area contributed by atoms with E-state index in [4.69, 9.17) is 4.74 Å². The fourth-order valence-corrected chi connectivity index (χ4v) is 3.23. The molecule has 1 heterocycles. The molecular weight excluding hydrogens is 330 g/mol. The van der Waals surface area contributed by atoms with Crippen LogP contribution in [0, 0.1) is 0 Å². The molecule has 3 rings (SSSR count). The van der Waals surface area contributed by atoms with Crippen LogP contribution in [-0.2, 0) is 6.42 Å². The summed E-state index contributed by atoms with van der Waals surface area (Å²) in [4.78, 5) is 28.2. The molecule has 0 radical (unpaired) electrons. The summed E-state index contributed by atoms with van der Waals surface area (Å²) >= 11 is 0. The second-order valence-corrected chi connectivity index (χ2v) is 6.47. The van der Waals surface area contributed by atoms with E-state index in [0.717, 1.165) is 31.4 Å². The van der Waals surface area contributed by atoms with Crippen molar-refractivity contribution in [1.29, 1.82) is 0 Å². The van der Waals surface area contributed by atoms with E-state index in [2.05, 4.69) is 15.6 Å². The van der Waals surface area contributed by atoms with Gasteiger partial charge < -0.3 is 15.0 Å². The first-order chi connectivity index (χ1) is 12.6. The highest BCUT2D eigenvalue weighted by Gasteiger charge is 2.24. The van der Waals surface area contributed by atoms with Crippen molar-refractivity contribution in [3.63, 3.8) is 0 Å². The molecule has 1 aromatic carbocycles. The molecule has 0 saturated carbocycles. The number of amides is 1. The molecule has 2 aromatic rings. The summed E-state index contributed by atoms with van der Waals surface area (Å²) in [7, 11) is 1.84. The van der Waals surface area contributed by atoms with Gasteiger partial charge in [0.05, 0.1) is 11.1 Å². The maximum atomic E-state index is 12.7. The van der Waals surface area contributed by atoms with Crippen molar-refractivity contribution in [2.45, 2.75) is 45.3 Å². The number of Topliss-reactive ketones (excluding diaryl/α,β-unsaturated/α-hetero) is 1.